The van der Waals surface area contributed by atoms with Gasteiger partial charge in [-0.2, -0.15) is 0 Å². The van der Waals surface area contributed by atoms with E-state index in [4.69, 9.17) is 16.6 Å². The first-order valence-corrected chi connectivity index (χ1v) is 8.19. The van der Waals surface area contributed by atoms with Crippen LogP contribution >= 0.6 is 22.9 Å². The minimum Gasteiger partial charge on any atom is -0.309 e. The monoisotopic (exact) mass is 308 g/mol. The zero-order chi connectivity index (χ0) is 14.7. The summed E-state index contributed by atoms with van der Waals surface area (Å²) in [6.45, 7) is 9.59. The molecule has 4 heteroatoms. The summed E-state index contributed by atoms with van der Waals surface area (Å²) in [7, 11) is 0. The third kappa shape index (κ3) is 3.40. The smallest absolute Gasteiger partial charge is 0.124 e. The number of benzene rings is 1. The number of aryl methyl sites for hydroxylation is 2. The standard InChI is InChI=1S/C16H21ClN2S/c1-5-8-18-11(3)15-12(4)19-16(20-15)14-7-6-13(17)9-10(14)2/h6-7,9,11,18H,5,8H2,1-4H3. The molecular formula is C16H21ClN2S. The maximum atomic E-state index is 6.02. The first-order valence-electron chi connectivity index (χ1n) is 7.00. The fourth-order valence-electron chi connectivity index (χ4n) is 2.25. The molecule has 0 amide bonds. The van der Waals surface area contributed by atoms with Crippen LogP contribution in [0.1, 0.15) is 42.4 Å². The molecule has 0 saturated heterocycles. The Hall–Kier alpha value is -0.900. The van der Waals surface area contributed by atoms with Crippen LogP contribution in [-0.4, -0.2) is 11.5 Å². The Kier molecular flexibility index (Phi) is 5.19. The van der Waals surface area contributed by atoms with Gasteiger partial charge in [0.1, 0.15) is 5.01 Å². The molecule has 1 aromatic carbocycles. The van der Waals surface area contributed by atoms with Gasteiger partial charge in [0.25, 0.3) is 0 Å². The predicted molar refractivity (Wildman–Crippen MR) is 88.7 cm³/mol. The summed E-state index contributed by atoms with van der Waals surface area (Å²) in [4.78, 5) is 6.06. The number of aromatic nitrogens is 1. The fraction of sp³-hybridized carbons (Fsp3) is 0.438. The molecule has 1 unspecified atom stereocenters. The van der Waals surface area contributed by atoms with Crippen molar-refractivity contribution in [3.63, 3.8) is 0 Å². The van der Waals surface area contributed by atoms with Crippen LogP contribution in [-0.2, 0) is 0 Å². The van der Waals surface area contributed by atoms with Crippen LogP contribution < -0.4 is 5.32 Å². The maximum Gasteiger partial charge on any atom is 0.124 e. The molecule has 0 saturated carbocycles. The molecule has 1 heterocycles. The summed E-state index contributed by atoms with van der Waals surface area (Å²) >= 11 is 7.80. The zero-order valence-corrected chi connectivity index (χ0v) is 14.0. The largest absolute Gasteiger partial charge is 0.309 e. The molecule has 2 rings (SSSR count). The van der Waals surface area contributed by atoms with Crippen molar-refractivity contribution in [3.8, 4) is 10.6 Å². The normalized spacial score (nSPS) is 12.7. The predicted octanol–water partition coefficient (Wildman–Crippen LogP) is 5.14. The molecule has 1 N–H and O–H groups in total. The van der Waals surface area contributed by atoms with E-state index < -0.39 is 0 Å². The summed E-state index contributed by atoms with van der Waals surface area (Å²) in [5, 5.41) is 5.38. The van der Waals surface area contributed by atoms with Crippen molar-refractivity contribution in [2.75, 3.05) is 6.54 Å². The molecule has 0 aliphatic rings. The number of rotatable bonds is 5. The van der Waals surface area contributed by atoms with E-state index in [-0.39, 0.29) is 0 Å². The van der Waals surface area contributed by atoms with Crippen LogP contribution in [0.5, 0.6) is 0 Å². The Morgan fingerprint density at radius 3 is 2.75 bits per heavy atom. The molecule has 108 valence electrons. The minimum atomic E-state index is 0.355. The van der Waals surface area contributed by atoms with Crippen LogP contribution in [0.2, 0.25) is 5.02 Å². The molecule has 0 bridgehead atoms. The van der Waals surface area contributed by atoms with Crippen molar-refractivity contribution in [3.05, 3.63) is 39.4 Å². The molecule has 20 heavy (non-hydrogen) atoms. The van der Waals surface area contributed by atoms with Crippen LogP contribution in [0.15, 0.2) is 18.2 Å². The van der Waals surface area contributed by atoms with E-state index in [0.29, 0.717) is 6.04 Å². The highest BCUT2D eigenvalue weighted by molar-refractivity contribution is 7.15. The number of nitrogens with zero attached hydrogens (tertiary/aromatic N) is 1. The van der Waals surface area contributed by atoms with E-state index >= 15 is 0 Å². The maximum absolute atomic E-state index is 6.02. The van der Waals surface area contributed by atoms with Crippen molar-refractivity contribution < 1.29 is 0 Å². The lowest BCUT2D eigenvalue weighted by atomic mass is 10.1. The van der Waals surface area contributed by atoms with E-state index in [1.54, 1.807) is 11.3 Å². The molecule has 0 spiro atoms. The number of hydrogen-bond acceptors (Lipinski definition) is 3. The van der Waals surface area contributed by atoms with Gasteiger partial charge >= 0.3 is 0 Å². The lowest BCUT2D eigenvalue weighted by Crippen LogP contribution is -2.18. The minimum absolute atomic E-state index is 0.355. The number of nitrogens with one attached hydrogen (secondary N) is 1. The molecule has 0 fully saturated rings. The lowest BCUT2D eigenvalue weighted by molar-refractivity contribution is 0.575. The molecular weight excluding hydrogens is 288 g/mol. The van der Waals surface area contributed by atoms with Gasteiger partial charge in [-0.25, -0.2) is 4.98 Å². The topological polar surface area (TPSA) is 24.9 Å². The molecule has 2 nitrogen and oxygen atoms in total. The van der Waals surface area contributed by atoms with Crippen molar-refractivity contribution in [1.82, 2.24) is 10.3 Å². The zero-order valence-electron chi connectivity index (χ0n) is 12.5. The Morgan fingerprint density at radius 1 is 1.35 bits per heavy atom. The van der Waals surface area contributed by atoms with E-state index in [2.05, 4.69) is 39.1 Å². The average Bonchev–Trinajstić information content (AvgIpc) is 2.78. The molecule has 0 aliphatic carbocycles. The SMILES string of the molecule is CCCNC(C)c1sc(-c2ccc(Cl)cc2C)nc1C. The van der Waals surface area contributed by atoms with Crippen LogP contribution in [0.25, 0.3) is 10.6 Å². The Balaban J connectivity index is 2.30. The third-order valence-electron chi connectivity index (χ3n) is 3.35. The first-order chi connectivity index (χ1) is 9.52. The Labute approximate surface area is 130 Å². The van der Waals surface area contributed by atoms with Crippen LogP contribution in [0.3, 0.4) is 0 Å². The van der Waals surface area contributed by atoms with Gasteiger partial charge in [-0.3, -0.25) is 0 Å². The van der Waals surface area contributed by atoms with Gasteiger partial charge in [-0.1, -0.05) is 24.6 Å². The van der Waals surface area contributed by atoms with Gasteiger partial charge in [0.2, 0.25) is 0 Å². The van der Waals surface area contributed by atoms with Crippen molar-refractivity contribution in [2.24, 2.45) is 0 Å². The highest BCUT2D eigenvalue weighted by atomic mass is 35.5. The molecule has 2 aromatic rings. The summed E-state index contributed by atoms with van der Waals surface area (Å²) in [6, 6.07) is 6.34. The van der Waals surface area contributed by atoms with E-state index in [9.17, 15) is 0 Å². The molecule has 0 radical (unpaired) electrons. The molecule has 1 aromatic heterocycles. The highest BCUT2D eigenvalue weighted by Gasteiger charge is 2.15. The fourth-order valence-corrected chi connectivity index (χ4v) is 3.66. The number of halogens is 1. The summed E-state index contributed by atoms with van der Waals surface area (Å²) < 4.78 is 0. The third-order valence-corrected chi connectivity index (χ3v) is 4.95. The summed E-state index contributed by atoms with van der Waals surface area (Å²) in [6.07, 6.45) is 1.14. The number of hydrogen-bond donors (Lipinski definition) is 1. The highest BCUT2D eigenvalue weighted by Crippen LogP contribution is 2.34. The van der Waals surface area contributed by atoms with Gasteiger partial charge in [-0.05, 0) is 51.4 Å². The van der Waals surface area contributed by atoms with Gasteiger partial charge in [0, 0.05) is 21.5 Å². The number of thiazole rings is 1. The van der Waals surface area contributed by atoms with E-state index in [1.165, 1.54) is 16.0 Å². The van der Waals surface area contributed by atoms with Crippen LogP contribution in [0.4, 0.5) is 0 Å². The summed E-state index contributed by atoms with van der Waals surface area (Å²) in [5.41, 5.74) is 3.47. The quantitative estimate of drug-likeness (QED) is 0.827. The van der Waals surface area contributed by atoms with Gasteiger partial charge in [-0.15, -0.1) is 11.3 Å². The first kappa shape index (κ1) is 15.5. The average molecular weight is 309 g/mol. The van der Waals surface area contributed by atoms with Crippen LogP contribution in [0, 0.1) is 13.8 Å². The van der Waals surface area contributed by atoms with Crippen molar-refractivity contribution in [1.29, 1.82) is 0 Å². The summed E-state index contributed by atoms with van der Waals surface area (Å²) in [5.74, 6) is 0. The molecule has 1 atom stereocenters. The van der Waals surface area contributed by atoms with Gasteiger partial charge < -0.3 is 5.32 Å². The van der Waals surface area contributed by atoms with E-state index in [0.717, 1.165) is 28.7 Å². The van der Waals surface area contributed by atoms with E-state index in [1.807, 2.05) is 12.1 Å². The Bertz CT molecular complexity index is 592. The second-order valence-corrected chi connectivity index (χ2v) is 6.57. The van der Waals surface area contributed by atoms with Crippen molar-refractivity contribution >= 4 is 22.9 Å². The Morgan fingerprint density at radius 2 is 2.10 bits per heavy atom. The van der Waals surface area contributed by atoms with Crippen molar-refractivity contribution in [2.45, 2.75) is 40.2 Å². The van der Waals surface area contributed by atoms with Gasteiger partial charge in [0.05, 0.1) is 5.69 Å². The van der Waals surface area contributed by atoms with Gasteiger partial charge in [0.15, 0.2) is 0 Å². The second-order valence-electron chi connectivity index (χ2n) is 5.10. The molecule has 0 aliphatic heterocycles. The second kappa shape index (κ2) is 6.70. The lowest BCUT2D eigenvalue weighted by Gasteiger charge is -2.11.